The number of nitrogens with one attached hydrogen (secondary N) is 1. The Labute approximate surface area is 168 Å². The maximum atomic E-state index is 12.6. The van der Waals surface area contributed by atoms with Gasteiger partial charge in [-0.2, -0.15) is 0 Å². The standard InChI is InChI=1S/C23H33N3O2/c1-25(2)23(19-6-4-3-5-7-19)12-10-22(11-13-23)14-21(28)26(17-22)16-20(27)24-15-18-8-9-18/h3-7,18H,8-17H2,1-2H3,(H,24,27)/t22-,23-. The van der Waals surface area contributed by atoms with Crippen molar-refractivity contribution in [2.45, 2.75) is 50.5 Å². The van der Waals surface area contributed by atoms with Crippen LogP contribution in [0.25, 0.3) is 0 Å². The van der Waals surface area contributed by atoms with Gasteiger partial charge in [-0.15, -0.1) is 0 Å². The fraction of sp³-hybridized carbons (Fsp3) is 0.652. The SMILES string of the molecule is CN(C)[C@]1(c2ccccc2)CC[C@@]2(CC1)CC(=O)N(CC(=O)NCC1CC1)C2. The summed E-state index contributed by atoms with van der Waals surface area (Å²) in [5.74, 6) is 0.818. The van der Waals surface area contributed by atoms with Crippen molar-refractivity contribution in [1.82, 2.24) is 15.1 Å². The normalized spacial score (nSPS) is 30.2. The van der Waals surface area contributed by atoms with Crippen LogP contribution in [0.3, 0.4) is 0 Å². The van der Waals surface area contributed by atoms with Gasteiger partial charge in [0.15, 0.2) is 0 Å². The Morgan fingerprint density at radius 1 is 1.14 bits per heavy atom. The predicted octanol–water partition coefficient (Wildman–Crippen LogP) is 2.76. The molecule has 1 N–H and O–H groups in total. The molecule has 3 aliphatic rings. The zero-order chi connectivity index (χ0) is 19.8. The second kappa shape index (κ2) is 7.51. The third kappa shape index (κ3) is 3.82. The Balaban J connectivity index is 1.39. The van der Waals surface area contributed by atoms with E-state index in [1.54, 1.807) is 4.90 Å². The summed E-state index contributed by atoms with van der Waals surface area (Å²) in [5.41, 5.74) is 1.46. The first-order chi connectivity index (χ1) is 13.4. The molecule has 2 saturated carbocycles. The molecule has 2 aliphatic carbocycles. The maximum Gasteiger partial charge on any atom is 0.239 e. The van der Waals surface area contributed by atoms with E-state index in [1.165, 1.54) is 18.4 Å². The van der Waals surface area contributed by atoms with Crippen molar-refractivity contribution < 1.29 is 9.59 Å². The minimum atomic E-state index is 0.0000309. The molecule has 1 spiro atoms. The smallest absolute Gasteiger partial charge is 0.239 e. The second-order valence-corrected chi connectivity index (χ2v) is 9.47. The van der Waals surface area contributed by atoms with Gasteiger partial charge in [0.05, 0.1) is 6.54 Å². The lowest BCUT2D eigenvalue weighted by molar-refractivity contribution is -0.133. The van der Waals surface area contributed by atoms with E-state index in [1.807, 2.05) is 0 Å². The summed E-state index contributed by atoms with van der Waals surface area (Å²) in [6.07, 6.45) is 7.22. The molecule has 0 radical (unpaired) electrons. The van der Waals surface area contributed by atoms with Crippen molar-refractivity contribution >= 4 is 11.8 Å². The highest BCUT2D eigenvalue weighted by Crippen LogP contribution is 2.52. The molecule has 1 heterocycles. The summed E-state index contributed by atoms with van der Waals surface area (Å²) in [6.45, 7) is 1.74. The van der Waals surface area contributed by atoms with Gasteiger partial charge in [-0.05, 0) is 69.5 Å². The second-order valence-electron chi connectivity index (χ2n) is 9.47. The van der Waals surface area contributed by atoms with E-state index in [4.69, 9.17) is 0 Å². The third-order valence-corrected chi connectivity index (χ3v) is 7.33. The van der Waals surface area contributed by atoms with Crippen molar-refractivity contribution in [3.05, 3.63) is 35.9 Å². The van der Waals surface area contributed by atoms with Crippen LogP contribution in [0.15, 0.2) is 30.3 Å². The van der Waals surface area contributed by atoms with Gasteiger partial charge in [0, 0.05) is 25.0 Å². The number of hydrogen-bond donors (Lipinski definition) is 1. The van der Waals surface area contributed by atoms with E-state index in [0.717, 1.165) is 38.8 Å². The number of likely N-dealkylation sites (tertiary alicyclic amines) is 1. The minimum absolute atomic E-state index is 0.0000309. The van der Waals surface area contributed by atoms with Crippen molar-refractivity contribution in [2.75, 3.05) is 33.7 Å². The molecule has 5 heteroatoms. The van der Waals surface area contributed by atoms with Gasteiger partial charge in [0.1, 0.15) is 0 Å². The van der Waals surface area contributed by atoms with Crippen LogP contribution in [-0.4, -0.2) is 55.3 Å². The lowest BCUT2D eigenvalue weighted by Gasteiger charge is -2.48. The quantitative estimate of drug-likeness (QED) is 0.822. The lowest BCUT2D eigenvalue weighted by Crippen LogP contribution is -2.47. The number of carbonyl (C=O) groups is 2. The molecular weight excluding hydrogens is 350 g/mol. The Morgan fingerprint density at radius 3 is 2.43 bits per heavy atom. The fourth-order valence-corrected chi connectivity index (χ4v) is 5.21. The first-order valence-corrected chi connectivity index (χ1v) is 10.7. The third-order valence-electron chi connectivity index (χ3n) is 7.33. The van der Waals surface area contributed by atoms with E-state index in [-0.39, 0.29) is 29.3 Å². The fourth-order valence-electron chi connectivity index (χ4n) is 5.21. The highest BCUT2D eigenvalue weighted by molar-refractivity contribution is 5.86. The molecule has 0 bridgehead atoms. The summed E-state index contributed by atoms with van der Waals surface area (Å²) in [6, 6.07) is 10.8. The van der Waals surface area contributed by atoms with E-state index in [0.29, 0.717) is 12.3 Å². The Morgan fingerprint density at radius 2 is 1.82 bits per heavy atom. The Bertz CT molecular complexity index is 719. The maximum absolute atomic E-state index is 12.6. The molecule has 0 aromatic heterocycles. The van der Waals surface area contributed by atoms with Crippen molar-refractivity contribution in [2.24, 2.45) is 11.3 Å². The van der Waals surface area contributed by atoms with Gasteiger partial charge in [-0.1, -0.05) is 30.3 Å². The molecule has 28 heavy (non-hydrogen) atoms. The van der Waals surface area contributed by atoms with E-state index >= 15 is 0 Å². The number of amides is 2. The molecule has 1 aromatic carbocycles. The molecule has 1 aliphatic heterocycles. The number of hydrogen-bond acceptors (Lipinski definition) is 3. The Kier molecular flexibility index (Phi) is 5.21. The molecule has 1 aromatic rings. The van der Waals surface area contributed by atoms with Gasteiger partial charge < -0.3 is 10.2 Å². The Hall–Kier alpha value is -1.88. The average Bonchev–Trinajstić information content (AvgIpc) is 3.47. The first kappa shape index (κ1) is 19.4. The highest BCUT2D eigenvalue weighted by Gasteiger charge is 2.50. The van der Waals surface area contributed by atoms with Crippen LogP contribution in [0.4, 0.5) is 0 Å². The van der Waals surface area contributed by atoms with E-state index in [9.17, 15) is 9.59 Å². The molecule has 4 rings (SSSR count). The van der Waals surface area contributed by atoms with Crippen LogP contribution < -0.4 is 5.32 Å². The van der Waals surface area contributed by atoms with Gasteiger partial charge in [-0.3, -0.25) is 14.5 Å². The van der Waals surface area contributed by atoms with Crippen LogP contribution in [0, 0.1) is 11.3 Å². The number of benzene rings is 1. The minimum Gasteiger partial charge on any atom is -0.354 e. The highest BCUT2D eigenvalue weighted by atomic mass is 16.2. The summed E-state index contributed by atoms with van der Waals surface area (Å²) >= 11 is 0. The van der Waals surface area contributed by atoms with Crippen LogP contribution in [0.2, 0.25) is 0 Å². The zero-order valence-corrected chi connectivity index (χ0v) is 17.2. The number of carbonyl (C=O) groups excluding carboxylic acids is 2. The molecule has 3 fully saturated rings. The van der Waals surface area contributed by atoms with E-state index in [2.05, 4.69) is 54.6 Å². The summed E-state index contributed by atoms with van der Waals surface area (Å²) in [7, 11) is 4.34. The topological polar surface area (TPSA) is 52.7 Å². The van der Waals surface area contributed by atoms with Crippen LogP contribution in [0.1, 0.15) is 50.5 Å². The van der Waals surface area contributed by atoms with Gasteiger partial charge in [0.2, 0.25) is 11.8 Å². The predicted molar refractivity (Wildman–Crippen MR) is 110 cm³/mol. The molecule has 0 atom stereocenters. The average molecular weight is 384 g/mol. The number of rotatable bonds is 6. The van der Waals surface area contributed by atoms with Crippen molar-refractivity contribution in [1.29, 1.82) is 0 Å². The van der Waals surface area contributed by atoms with Gasteiger partial charge >= 0.3 is 0 Å². The number of nitrogens with zero attached hydrogens (tertiary/aromatic N) is 2. The summed E-state index contributed by atoms with van der Waals surface area (Å²) < 4.78 is 0. The lowest BCUT2D eigenvalue weighted by atomic mass is 9.64. The van der Waals surface area contributed by atoms with Gasteiger partial charge in [-0.25, -0.2) is 0 Å². The molecule has 152 valence electrons. The molecule has 0 unspecified atom stereocenters. The summed E-state index contributed by atoms with van der Waals surface area (Å²) in [5, 5.41) is 2.99. The van der Waals surface area contributed by atoms with Crippen LogP contribution >= 0.6 is 0 Å². The largest absolute Gasteiger partial charge is 0.354 e. The molecule has 2 amide bonds. The van der Waals surface area contributed by atoms with Crippen LogP contribution in [-0.2, 0) is 15.1 Å². The zero-order valence-electron chi connectivity index (χ0n) is 17.2. The molecule has 1 saturated heterocycles. The summed E-state index contributed by atoms with van der Waals surface area (Å²) in [4.78, 5) is 29.0. The van der Waals surface area contributed by atoms with E-state index < -0.39 is 0 Å². The van der Waals surface area contributed by atoms with Gasteiger partial charge in [0.25, 0.3) is 0 Å². The van der Waals surface area contributed by atoms with Crippen LogP contribution in [0.5, 0.6) is 0 Å². The monoisotopic (exact) mass is 383 g/mol. The van der Waals surface area contributed by atoms with Crippen molar-refractivity contribution in [3.63, 3.8) is 0 Å². The first-order valence-electron chi connectivity index (χ1n) is 10.7. The van der Waals surface area contributed by atoms with Crippen molar-refractivity contribution in [3.8, 4) is 0 Å². The molecule has 5 nitrogen and oxygen atoms in total. The molecular formula is C23H33N3O2.